The standard InChI is InChI=1S/C15H13ClN2O6S/c1-9-7-10(15(19)24-2)3-6-13(9)17-25(22,23)11-4-5-12(16)14(8-11)18(20)21/h3-8,17H,1-2H3. The fourth-order valence-corrected chi connectivity index (χ4v) is 3.36. The predicted octanol–water partition coefficient (Wildman–Crippen LogP) is 3.14. The molecule has 0 saturated heterocycles. The molecule has 2 aromatic carbocycles. The lowest BCUT2D eigenvalue weighted by Gasteiger charge is -2.11. The van der Waals surface area contributed by atoms with E-state index in [2.05, 4.69) is 9.46 Å². The van der Waals surface area contributed by atoms with Crippen molar-refractivity contribution in [3.8, 4) is 0 Å². The second kappa shape index (κ2) is 7.08. The summed E-state index contributed by atoms with van der Waals surface area (Å²) >= 11 is 5.69. The number of hydrogen-bond acceptors (Lipinski definition) is 6. The van der Waals surface area contributed by atoms with E-state index in [0.29, 0.717) is 5.56 Å². The molecule has 0 amide bonds. The first-order chi connectivity index (χ1) is 11.7. The normalized spacial score (nSPS) is 11.0. The van der Waals surface area contributed by atoms with Crippen molar-refractivity contribution in [2.24, 2.45) is 0 Å². The quantitative estimate of drug-likeness (QED) is 0.481. The highest BCUT2D eigenvalue weighted by Crippen LogP contribution is 2.28. The van der Waals surface area contributed by atoms with Crippen molar-refractivity contribution in [3.63, 3.8) is 0 Å². The van der Waals surface area contributed by atoms with Gasteiger partial charge in [-0.3, -0.25) is 14.8 Å². The van der Waals surface area contributed by atoms with Crippen molar-refractivity contribution in [3.05, 3.63) is 62.7 Å². The molecule has 0 aromatic heterocycles. The Labute approximate surface area is 148 Å². The molecule has 0 fully saturated rings. The minimum Gasteiger partial charge on any atom is -0.465 e. The van der Waals surface area contributed by atoms with E-state index in [1.54, 1.807) is 6.92 Å². The van der Waals surface area contributed by atoms with E-state index in [-0.39, 0.29) is 21.2 Å². The lowest BCUT2D eigenvalue weighted by Crippen LogP contribution is -2.14. The van der Waals surface area contributed by atoms with E-state index in [4.69, 9.17) is 11.6 Å². The maximum absolute atomic E-state index is 12.4. The van der Waals surface area contributed by atoms with Gasteiger partial charge in [-0.2, -0.15) is 0 Å². The SMILES string of the molecule is COC(=O)c1ccc(NS(=O)(=O)c2ccc(Cl)c([N+](=O)[O-])c2)c(C)c1. The molecule has 0 saturated carbocycles. The molecule has 8 nitrogen and oxygen atoms in total. The van der Waals surface area contributed by atoms with Crippen LogP contribution in [0.25, 0.3) is 0 Å². The largest absolute Gasteiger partial charge is 0.465 e. The second-order valence-corrected chi connectivity index (χ2v) is 7.09. The van der Waals surface area contributed by atoms with Crippen LogP contribution in [0.5, 0.6) is 0 Å². The van der Waals surface area contributed by atoms with Crippen molar-refractivity contribution in [1.29, 1.82) is 0 Å². The molecule has 0 aliphatic heterocycles. The number of nitro groups is 1. The Morgan fingerprint density at radius 1 is 1.24 bits per heavy atom. The summed E-state index contributed by atoms with van der Waals surface area (Å²) in [7, 11) is -2.84. The van der Waals surface area contributed by atoms with E-state index < -0.39 is 26.6 Å². The number of carbonyl (C=O) groups is 1. The van der Waals surface area contributed by atoms with Gasteiger partial charge in [-0.05, 0) is 42.8 Å². The van der Waals surface area contributed by atoms with Crippen molar-refractivity contribution >= 4 is 39.0 Å². The molecule has 0 radical (unpaired) electrons. The number of nitrogens with one attached hydrogen (secondary N) is 1. The summed E-state index contributed by atoms with van der Waals surface area (Å²) in [5, 5.41) is 10.7. The fraction of sp³-hybridized carbons (Fsp3) is 0.133. The molecular weight excluding hydrogens is 372 g/mol. The van der Waals surface area contributed by atoms with E-state index >= 15 is 0 Å². The molecule has 0 heterocycles. The van der Waals surface area contributed by atoms with Gasteiger partial charge in [0, 0.05) is 6.07 Å². The zero-order chi connectivity index (χ0) is 18.8. The number of nitrogens with zero attached hydrogens (tertiary/aromatic N) is 1. The van der Waals surface area contributed by atoms with Crippen LogP contribution >= 0.6 is 11.6 Å². The number of sulfonamides is 1. The van der Waals surface area contributed by atoms with Gasteiger partial charge in [-0.15, -0.1) is 0 Å². The third-order valence-electron chi connectivity index (χ3n) is 3.32. The highest BCUT2D eigenvalue weighted by molar-refractivity contribution is 7.92. The molecule has 0 spiro atoms. The maximum Gasteiger partial charge on any atom is 0.337 e. The number of aryl methyl sites for hydroxylation is 1. The van der Waals surface area contributed by atoms with Crippen molar-refractivity contribution in [1.82, 2.24) is 0 Å². The Morgan fingerprint density at radius 3 is 2.48 bits per heavy atom. The summed E-state index contributed by atoms with van der Waals surface area (Å²) in [5.74, 6) is -0.550. The van der Waals surface area contributed by atoms with Gasteiger partial charge in [-0.1, -0.05) is 11.6 Å². The van der Waals surface area contributed by atoms with Crippen LogP contribution < -0.4 is 4.72 Å². The van der Waals surface area contributed by atoms with E-state index in [1.165, 1.54) is 25.3 Å². The predicted molar refractivity (Wildman–Crippen MR) is 91.4 cm³/mol. The average molecular weight is 385 g/mol. The van der Waals surface area contributed by atoms with Crippen molar-refractivity contribution < 1.29 is 22.9 Å². The molecule has 10 heteroatoms. The summed E-state index contributed by atoms with van der Waals surface area (Å²) in [6.07, 6.45) is 0. The first-order valence-corrected chi connectivity index (χ1v) is 8.67. The first-order valence-electron chi connectivity index (χ1n) is 6.81. The van der Waals surface area contributed by atoms with Gasteiger partial charge in [0.1, 0.15) is 5.02 Å². The number of anilines is 1. The Balaban J connectivity index is 2.38. The van der Waals surface area contributed by atoms with Gasteiger partial charge in [0.2, 0.25) is 0 Å². The van der Waals surface area contributed by atoms with E-state index in [9.17, 15) is 23.3 Å². The zero-order valence-electron chi connectivity index (χ0n) is 13.1. The molecule has 0 aliphatic carbocycles. The van der Waals surface area contributed by atoms with Gasteiger partial charge < -0.3 is 4.74 Å². The maximum atomic E-state index is 12.4. The van der Waals surface area contributed by atoms with Gasteiger partial charge in [-0.25, -0.2) is 13.2 Å². The van der Waals surface area contributed by atoms with Crippen LogP contribution in [0.15, 0.2) is 41.3 Å². The molecule has 2 aromatic rings. The first kappa shape index (κ1) is 18.7. The number of ether oxygens (including phenoxy) is 1. The highest BCUT2D eigenvalue weighted by Gasteiger charge is 2.21. The summed E-state index contributed by atoms with van der Waals surface area (Å²) in [4.78, 5) is 21.3. The van der Waals surface area contributed by atoms with Crippen molar-refractivity contribution in [2.75, 3.05) is 11.8 Å². The third-order valence-corrected chi connectivity index (χ3v) is 5.00. The minimum atomic E-state index is -4.08. The number of benzene rings is 2. The van der Waals surface area contributed by atoms with Gasteiger partial charge >= 0.3 is 5.97 Å². The van der Waals surface area contributed by atoms with Crippen LogP contribution in [-0.2, 0) is 14.8 Å². The van der Waals surface area contributed by atoms with Crippen LogP contribution in [-0.4, -0.2) is 26.4 Å². The smallest absolute Gasteiger partial charge is 0.337 e. The number of halogens is 1. The molecule has 2 rings (SSSR count). The number of rotatable bonds is 5. The molecule has 0 atom stereocenters. The Morgan fingerprint density at radius 2 is 1.92 bits per heavy atom. The molecule has 0 bridgehead atoms. The minimum absolute atomic E-state index is 0.164. The monoisotopic (exact) mass is 384 g/mol. The van der Waals surface area contributed by atoms with Crippen LogP contribution in [0.2, 0.25) is 5.02 Å². The number of methoxy groups -OCH3 is 1. The van der Waals surface area contributed by atoms with Gasteiger partial charge in [0.25, 0.3) is 15.7 Å². The molecule has 25 heavy (non-hydrogen) atoms. The Hall–Kier alpha value is -2.65. The average Bonchev–Trinajstić information content (AvgIpc) is 2.55. The fourth-order valence-electron chi connectivity index (χ4n) is 2.03. The molecule has 0 aliphatic rings. The summed E-state index contributed by atoms with van der Waals surface area (Å²) in [6.45, 7) is 1.61. The summed E-state index contributed by atoms with van der Waals surface area (Å²) < 4.78 is 31.8. The number of nitro benzene ring substituents is 1. The van der Waals surface area contributed by atoms with E-state index in [0.717, 1.165) is 18.2 Å². The molecule has 0 unspecified atom stereocenters. The van der Waals surface area contributed by atoms with Gasteiger partial charge in [0.15, 0.2) is 0 Å². The lowest BCUT2D eigenvalue weighted by atomic mass is 10.1. The third kappa shape index (κ3) is 4.06. The zero-order valence-corrected chi connectivity index (χ0v) is 14.7. The summed E-state index contributed by atoms with van der Waals surface area (Å²) in [5.41, 5.74) is 0.465. The molecule has 1 N–H and O–H groups in total. The van der Waals surface area contributed by atoms with Crippen LogP contribution in [0, 0.1) is 17.0 Å². The number of carbonyl (C=O) groups excluding carboxylic acids is 1. The van der Waals surface area contributed by atoms with Gasteiger partial charge in [0.05, 0.1) is 28.2 Å². The van der Waals surface area contributed by atoms with Crippen LogP contribution in [0.3, 0.4) is 0 Å². The Bertz CT molecular complexity index is 958. The molecule has 132 valence electrons. The van der Waals surface area contributed by atoms with Crippen LogP contribution in [0.1, 0.15) is 15.9 Å². The Kier molecular flexibility index (Phi) is 5.29. The number of esters is 1. The summed E-state index contributed by atoms with van der Waals surface area (Å²) in [6, 6.07) is 7.46. The highest BCUT2D eigenvalue weighted by atomic mass is 35.5. The molecular formula is C15H13ClN2O6S. The number of hydrogen-bond donors (Lipinski definition) is 1. The lowest BCUT2D eigenvalue weighted by molar-refractivity contribution is -0.384. The topological polar surface area (TPSA) is 116 Å². The van der Waals surface area contributed by atoms with Crippen molar-refractivity contribution in [2.45, 2.75) is 11.8 Å². The van der Waals surface area contributed by atoms with E-state index in [1.807, 2.05) is 0 Å². The second-order valence-electron chi connectivity index (χ2n) is 5.00. The van der Waals surface area contributed by atoms with Crippen LogP contribution in [0.4, 0.5) is 11.4 Å².